The van der Waals surface area contributed by atoms with Crippen molar-refractivity contribution < 1.29 is 9.53 Å². The molecule has 2 aromatic heterocycles. The number of ether oxygens (including phenoxy) is 1. The smallest absolute Gasteiger partial charge is 0.231 e. The number of para-hydroxylation sites is 1. The van der Waals surface area contributed by atoms with Crippen LogP contribution in [0.15, 0.2) is 48.2 Å². The minimum Gasteiger partial charge on any atom is -0.456 e. The summed E-state index contributed by atoms with van der Waals surface area (Å²) in [4.78, 5) is 16.5. The number of nitrogens with zero attached hydrogens (tertiary/aromatic N) is 3. The molecule has 0 atom stereocenters. The predicted molar refractivity (Wildman–Crippen MR) is 150 cm³/mol. The van der Waals surface area contributed by atoms with Gasteiger partial charge < -0.3 is 4.74 Å². The molecule has 0 saturated heterocycles. The quantitative estimate of drug-likeness (QED) is 0.291. The van der Waals surface area contributed by atoms with E-state index in [0.717, 1.165) is 70.4 Å². The highest BCUT2D eigenvalue weighted by molar-refractivity contribution is 7.15. The van der Waals surface area contributed by atoms with Gasteiger partial charge in [0, 0.05) is 23.7 Å². The number of aromatic nitrogens is 2. The van der Waals surface area contributed by atoms with Gasteiger partial charge in [-0.2, -0.15) is 0 Å². The Bertz CT molecular complexity index is 1230. The second kappa shape index (κ2) is 11.5. The summed E-state index contributed by atoms with van der Waals surface area (Å²) in [7, 11) is 0. The van der Waals surface area contributed by atoms with E-state index in [9.17, 15) is 4.79 Å². The average Bonchev–Trinajstić information content (AvgIpc) is 3.51. The van der Waals surface area contributed by atoms with Crippen LogP contribution >= 0.6 is 11.3 Å². The van der Waals surface area contributed by atoms with Gasteiger partial charge in [-0.25, -0.2) is 4.68 Å². The SMILES string of the molecule is CC/C(C)=C(/Oc1ccccc1C)c1ccc(-n2cc(C)c(N(C(=O)C3CCCCC3)C(C)C)n2)s1. The number of aryl methyl sites for hydroxylation is 2. The predicted octanol–water partition coefficient (Wildman–Crippen LogP) is 8.09. The molecule has 0 radical (unpaired) electrons. The standard InChI is InChI=1S/C30H39N3O2S/c1-7-21(4)28(35-25-16-12-11-13-22(25)5)26-17-18-27(36-26)32-19-23(6)29(31-32)33(20(2)3)30(34)24-14-9-8-10-15-24/h11-13,16-20,24H,7-10,14-15H2,1-6H3/b28-21+. The van der Waals surface area contributed by atoms with Crippen LogP contribution in [0.25, 0.3) is 10.8 Å². The van der Waals surface area contributed by atoms with E-state index in [1.54, 1.807) is 11.3 Å². The Labute approximate surface area is 219 Å². The average molecular weight is 506 g/mol. The molecule has 1 fully saturated rings. The van der Waals surface area contributed by atoms with Gasteiger partial charge in [0.15, 0.2) is 5.82 Å². The van der Waals surface area contributed by atoms with Gasteiger partial charge in [0.1, 0.15) is 16.5 Å². The van der Waals surface area contributed by atoms with Gasteiger partial charge in [-0.15, -0.1) is 16.4 Å². The Hall–Kier alpha value is -2.86. The maximum absolute atomic E-state index is 13.5. The summed E-state index contributed by atoms with van der Waals surface area (Å²) in [5.74, 6) is 2.89. The van der Waals surface area contributed by atoms with E-state index in [0.29, 0.717) is 0 Å². The number of carbonyl (C=O) groups is 1. The molecule has 1 saturated carbocycles. The zero-order valence-corrected chi connectivity index (χ0v) is 23.3. The van der Waals surface area contributed by atoms with Crippen LogP contribution in [0.2, 0.25) is 0 Å². The lowest BCUT2D eigenvalue weighted by Crippen LogP contribution is -2.42. The van der Waals surface area contributed by atoms with Crippen molar-refractivity contribution in [2.75, 3.05) is 4.90 Å². The van der Waals surface area contributed by atoms with E-state index in [1.165, 1.54) is 12.0 Å². The highest BCUT2D eigenvalue weighted by Crippen LogP contribution is 2.35. The number of amides is 1. The second-order valence-corrected chi connectivity index (χ2v) is 11.2. The number of allylic oxidation sites excluding steroid dienone is 1. The zero-order valence-electron chi connectivity index (χ0n) is 22.5. The van der Waals surface area contributed by atoms with Gasteiger partial charge in [0.05, 0.1) is 4.88 Å². The highest BCUT2D eigenvalue weighted by Gasteiger charge is 2.31. The molecule has 2 heterocycles. The number of thiophene rings is 1. The van der Waals surface area contributed by atoms with Crippen molar-refractivity contribution >= 4 is 28.8 Å². The van der Waals surface area contributed by atoms with Crippen LogP contribution in [0.3, 0.4) is 0 Å². The Kier molecular flexibility index (Phi) is 8.35. The lowest BCUT2D eigenvalue weighted by molar-refractivity contribution is -0.123. The van der Waals surface area contributed by atoms with E-state index >= 15 is 0 Å². The van der Waals surface area contributed by atoms with Crippen molar-refractivity contribution in [1.82, 2.24) is 9.78 Å². The van der Waals surface area contributed by atoms with Crippen molar-refractivity contribution in [1.29, 1.82) is 0 Å². The molecule has 0 aliphatic heterocycles. The third kappa shape index (κ3) is 5.59. The van der Waals surface area contributed by atoms with Crippen LogP contribution in [0.1, 0.15) is 82.2 Å². The molecule has 1 aliphatic rings. The van der Waals surface area contributed by atoms with Crippen LogP contribution in [-0.4, -0.2) is 21.7 Å². The molecule has 3 aromatic rings. The maximum Gasteiger partial charge on any atom is 0.231 e. The van der Waals surface area contributed by atoms with E-state index < -0.39 is 0 Å². The van der Waals surface area contributed by atoms with Gasteiger partial charge in [-0.05, 0) is 83.2 Å². The molecule has 0 N–H and O–H groups in total. The summed E-state index contributed by atoms with van der Waals surface area (Å²) >= 11 is 1.66. The zero-order chi connectivity index (χ0) is 25.8. The molecular formula is C30H39N3O2S. The first-order valence-corrected chi connectivity index (χ1v) is 14.0. The molecule has 5 nitrogen and oxygen atoms in total. The molecule has 36 heavy (non-hydrogen) atoms. The Morgan fingerprint density at radius 3 is 2.50 bits per heavy atom. The number of hydrogen-bond donors (Lipinski definition) is 0. The fourth-order valence-electron chi connectivity index (χ4n) is 4.81. The third-order valence-electron chi connectivity index (χ3n) is 7.07. The summed E-state index contributed by atoms with van der Waals surface area (Å²) < 4.78 is 8.35. The van der Waals surface area contributed by atoms with Crippen molar-refractivity contribution in [3.8, 4) is 10.8 Å². The largest absolute Gasteiger partial charge is 0.456 e. The van der Waals surface area contributed by atoms with Crippen LogP contribution in [0, 0.1) is 19.8 Å². The molecule has 1 aromatic carbocycles. The van der Waals surface area contributed by atoms with Crippen LogP contribution in [0.4, 0.5) is 5.82 Å². The molecule has 192 valence electrons. The number of rotatable bonds is 8. The summed E-state index contributed by atoms with van der Waals surface area (Å²) in [6.07, 6.45) is 8.45. The van der Waals surface area contributed by atoms with Gasteiger partial charge in [-0.3, -0.25) is 9.69 Å². The molecule has 4 rings (SSSR count). The van der Waals surface area contributed by atoms with Crippen LogP contribution < -0.4 is 9.64 Å². The van der Waals surface area contributed by atoms with E-state index in [-0.39, 0.29) is 17.9 Å². The lowest BCUT2D eigenvalue weighted by atomic mass is 9.88. The van der Waals surface area contributed by atoms with Crippen LogP contribution in [0.5, 0.6) is 5.75 Å². The summed E-state index contributed by atoms with van der Waals surface area (Å²) in [6, 6.07) is 12.4. The lowest BCUT2D eigenvalue weighted by Gasteiger charge is -2.31. The number of carbonyl (C=O) groups excluding carboxylic acids is 1. The minimum atomic E-state index is 0.0598. The summed E-state index contributed by atoms with van der Waals surface area (Å²) in [5, 5.41) is 5.93. The number of hydrogen-bond acceptors (Lipinski definition) is 4. The fourth-order valence-corrected chi connectivity index (χ4v) is 5.81. The minimum absolute atomic E-state index is 0.0598. The van der Waals surface area contributed by atoms with Crippen LogP contribution in [-0.2, 0) is 4.79 Å². The first-order chi connectivity index (χ1) is 17.3. The third-order valence-corrected chi connectivity index (χ3v) is 8.15. The first-order valence-electron chi connectivity index (χ1n) is 13.2. The molecule has 1 aliphatic carbocycles. The number of anilines is 1. The fraction of sp³-hybridized carbons (Fsp3) is 0.467. The van der Waals surface area contributed by atoms with Crippen molar-refractivity contribution in [2.45, 2.75) is 86.1 Å². The summed E-state index contributed by atoms with van der Waals surface area (Å²) in [6.45, 7) is 12.5. The molecule has 0 unspecified atom stereocenters. The van der Waals surface area contributed by atoms with Gasteiger partial charge in [0.25, 0.3) is 0 Å². The van der Waals surface area contributed by atoms with Crippen molar-refractivity contribution in [3.63, 3.8) is 0 Å². The second-order valence-electron chi connectivity index (χ2n) is 10.2. The molecule has 0 spiro atoms. The number of benzene rings is 1. The van der Waals surface area contributed by atoms with Gasteiger partial charge in [0.2, 0.25) is 5.91 Å². The van der Waals surface area contributed by atoms with Gasteiger partial charge in [-0.1, -0.05) is 44.4 Å². The first kappa shape index (κ1) is 26.2. The molecular weight excluding hydrogens is 466 g/mol. The van der Waals surface area contributed by atoms with Crippen molar-refractivity contribution in [3.05, 3.63) is 64.2 Å². The monoisotopic (exact) mass is 505 g/mol. The Morgan fingerprint density at radius 2 is 1.83 bits per heavy atom. The highest BCUT2D eigenvalue weighted by atomic mass is 32.1. The van der Waals surface area contributed by atoms with Crippen molar-refractivity contribution in [2.24, 2.45) is 5.92 Å². The van der Waals surface area contributed by atoms with E-state index in [1.807, 2.05) is 40.9 Å². The Morgan fingerprint density at radius 1 is 1.11 bits per heavy atom. The summed E-state index contributed by atoms with van der Waals surface area (Å²) in [5.41, 5.74) is 3.33. The molecule has 0 bridgehead atoms. The molecule has 6 heteroatoms. The Balaban J connectivity index is 1.63. The maximum atomic E-state index is 13.5. The van der Waals surface area contributed by atoms with E-state index in [4.69, 9.17) is 9.84 Å². The van der Waals surface area contributed by atoms with E-state index in [2.05, 4.69) is 52.8 Å². The normalized spacial score (nSPS) is 15.2. The topological polar surface area (TPSA) is 47.4 Å². The molecule has 1 amide bonds. The van der Waals surface area contributed by atoms with Gasteiger partial charge >= 0.3 is 0 Å².